The van der Waals surface area contributed by atoms with Gasteiger partial charge in [0.05, 0.1) is 27.8 Å². The van der Waals surface area contributed by atoms with Gasteiger partial charge in [-0.1, -0.05) is 140 Å². The fourth-order valence-electron chi connectivity index (χ4n) is 9.02. The summed E-state index contributed by atoms with van der Waals surface area (Å²) in [6.45, 7) is 0. The third-order valence-corrected chi connectivity index (χ3v) is 11.7. The van der Waals surface area contributed by atoms with Crippen molar-refractivity contribution >= 4 is 43.6 Å². The summed E-state index contributed by atoms with van der Waals surface area (Å²) in [7, 11) is 0. The summed E-state index contributed by atoms with van der Waals surface area (Å²) in [5.41, 5.74) is 16.4. The molecule has 2 aromatic heterocycles. The molecule has 0 aliphatic carbocycles. The predicted molar refractivity (Wildman–Crippen MR) is 237 cm³/mol. The summed E-state index contributed by atoms with van der Waals surface area (Å²) in [6.07, 6.45) is 0. The average molecular weight is 727 g/mol. The summed E-state index contributed by atoms with van der Waals surface area (Å²) < 4.78 is 11.3. The van der Waals surface area contributed by atoms with Crippen LogP contribution in [0, 0.1) is 0 Å². The smallest absolute Gasteiger partial charge is 0.152 e. The lowest BCUT2D eigenvalue weighted by Gasteiger charge is -2.22. The number of ether oxygens (including phenoxy) is 1. The number of para-hydroxylation sites is 2. The van der Waals surface area contributed by atoms with Crippen molar-refractivity contribution in [2.45, 2.75) is 0 Å². The van der Waals surface area contributed by atoms with Gasteiger partial charge in [-0.3, -0.25) is 0 Å². The molecule has 0 saturated heterocycles. The third-order valence-electron chi connectivity index (χ3n) is 11.7. The molecule has 9 aromatic carbocycles. The van der Waals surface area contributed by atoms with E-state index in [9.17, 15) is 0 Å². The van der Waals surface area contributed by atoms with Crippen LogP contribution in [0.5, 0.6) is 11.5 Å². The van der Waals surface area contributed by atoms with Gasteiger partial charge in [0, 0.05) is 27.2 Å². The Morgan fingerprint density at radius 1 is 0.281 bits per heavy atom. The molecule has 57 heavy (non-hydrogen) atoms. The first-order valence-corrected chi connectivity index (χ1v) is 19.5. The highest BCUT2D eigenvalue weighted by Crippen LogP contribution is 2.46. The van der Waals surface area contributed by atoms with Crippen LogP contribution in [0.3, 0.4) is 0 Å². The maximum atomic E-state index is 6.51. The van der Waals surface area contributed by atoms with Crippen molar-refractivity contribution in [2.75, 3.05) is 0 Å². The Kier molecular flexibility index (Phi) is 6.93. The Hall–Kier alpha value is -7.62. The summed E-state index contributed by atoms with van der Waals surface area (Å²) in [5.74, 6) is 1.75. The van der Waals surface area contributed by atoms with Crippen molar-refractivity contribution in [3.05, 3.63) is 206 Å². The molecule has 0 bridgehead atoms. The van der Waals surface area contributed by atoms with E-state index < -0.39 is 0 Å². The molecule has 0 unspecified atom stereocenters. The van der Waals surface area contributed by atoms with Gasteiger partial charge in [0.25, 0.3) is 0 Å². The molecule has 3 nitrogen and oxygen atoms in total. The molecule has 0 spiro atoms. The summed E-state index contributed by atoms with van der Waals surface area (Å²) in [5, 5.41) is 4.92. The highest BCUT2D eigenvalue weighted by molar-refractivity contribution is 6.13. The second kappa shape index (κ2) is 12.5. The summed E-state index contributed by atoms with van der Waals surface area (Å²) in [6, 6.07) is 74.5. The van der Waals surface area contributed by atoms with Gasteiger partial charge in [-0.2, -0.15) is 0 Å². The summed E-state index contributed by atoms with van der Waals surface area (Å²) in [4.78, 5) is 0. The normalized spacial score (nSPS) is 12.0. The van der Waals surface area contributed by atoms with Gasteiger partial charge in [0.2, 0.25) is 0 Å². The number of fused-ring (bicyclic) bond motifs is 8. The highest BCUT2D eigenvalue weighted by atomic mass is 16.5. The number of nitrogens with zero attached hydrogens (tertiary/aromatic N) is 2. The summed E-state index contributed by atoms with van der Waals surface area (Å²) >= 11 is 0. The average Bonchev–Trinajstić information content (AvgIpc) is 3.80. The molecule has 0 atom stereocenters. The van der Waals surface area contributed by atoms with Gasteiger partial charge >= 0.3 is 0 Å². The molecule has 0 saturated carbocycles. The van der Waals surface area contributed by atoms with E-state index >= 15 is 0 Å². The van der Waals surface area contributed by atoms with Crippen molar-refractivity contribution in [3.8, 4) is 67.4 Å². The van der Waals surface area contributed by atoms with E-state index in [2.05, 4.69) is 215 Å². The molecule has 0 amide bonds. The Bertz CT molecular complexity index is 3270. The minimum Gasteiger partial charge on any atom is -0.453 e. The fourth-order valence-corrected chi connectivity index (χ4v) is 9.02. The zero-order valence-corrected chi connectivity index (χ0v) is 30.9. The first-order chi connectivity index (χ1) is 28.2. The topological polar surface area (TPSA) is 19.1 Å². The molecule has 3 heterocycles. The SMILES string of the molecule is c1ccc(-c2ccc3c(c2)c2cc(-c4ccccc4)ccc2n3-c2cccc(-c3cccc(-c4ccc5c(c4)-n4c6ccccc6c6cccc(c64)O5)c3)c2)cc1. The number of hydrogen-bond donors (Lipinski definition) is 0. The van der Waals surface area contributed by atoms with Gasteiger partial charge in [-0.05, 0) is 111 Å². The molecule has 0 N–H and O–H groups in total. The Morgan fingerprint density at radius 3 is 1.49 bits per heavy atom. The van der Waals surface area contributed by atoms with E-state index in [4.69, 9.17) is 4.74 Å². The van der Waals surface area contributed by atoms with Crippen LogP contribution < -0.4 is 4.74 Å². The number of aromatic nitrogens is 2. The molecular formula is C54H34N2O. The quantitative estimate of drug-likeness (QED) is 0.173. The van der Waals surface area contributed by atoms with Gasteiger partial charge in [0.1, 0.15) is 0 Å². The van der Waals surface area contributed by atoms with Crippen molar-refractivity contribution < 1.29 is 4.74 Å². The van der Waals surface area contributed by atoms with Gasteiger partial charge < -0.3 is 13.9 Å². The van der Waals surface area contributed by atoms with Crippen LogP contribution in [0.25, 0.3) is 99.5 Å². The second-order valence-electron chi connectivity index (χ2n) is 15.0. The lowest BCUT2D eigenvalue weighted by Crippen LogP contribution is -2.04. The van der Waals surface area contributed by atoms with Crippen LogP contribution in [0.4, 0.5) is 0 Å². The Balaban J connectivity index is 0.977. The van der Waals surface area contributed by atoms with Crippen LogP contribution in [0.15, 0.2) is 206 Å². The maximum Gasteiger partial charge on any atom is 0.152 e. The molecular weight excluding hydrogens is 693 g/mol. The molecule has 11 aromatic rings. The number of rotatable bonds is 5. The van der Waals surface area contributed by atoms with Gasteiger partial charge in [-0.15, -0.1) is 0 Å². The van der Waals surface area contributed by atoms with Crippen LogP contribution in [-0.2, 0) is 0 Å². The molecule has 0 fully saturated rings. The van der Waals surface area contributed by atoms with Gasteiger partial charge in [0.15, 0.2) is 11.5 Å². The Labute approximate surface area is 329 Å². The zero-order valence-electron chi connectivity index (χ0n) is 30.9. The first-order valence-electron chi connectivity index (χ1n) is 19.5. The van der Waals surface area contributed by atoms with Gasteiger partial charge in [-0.25, -0.2) is 0 Å². The number of benzene rings is 9. The maximum absolute atomic E-state index is 6.51. The van der Waals surface area contributed by atoms with E-state index in [0.29, 0.717) is 0 Å². The van der Waals surface area contributed by atoms with E-state index in [0.717, 1.165) is 39.5 Å². The van der Waals surface area contributed by atoms with Crippen LogP contribution in [0.2, 0.25) is 0 Å². The first kappa shape index (κ1) is 31.7. The van der Waals surface area contributed by atoms with Crippen LogP contribution >= 0.6 is 0 Å². The molecule has 266 valence electrons. The molecule has 3 heteroatoms. The highest BCUT2D eigenvalue weighted by Gasteiger charge is 2.24. The lowest BCUT2D eigenvalue weighted by atomic mass is 9.98. The molecule has 1 aliphatic heterocycles. The number of hydrogen-bond acceptors (Lipinski definition) is 1. The molecule has 0 radical (unpaired) electrons. The second-order valence-corrected chi connectivity index (χ2v) is 15.0. The van der Waals surface area contributed by atoms with Crippen molar-refractivity contribution in [1.29, 1.82) is 0 Å². The van der Waals surface area contributed by atoms with Crippen LogP contribution in [-0.4, -0.2) is 9.13 Å². The van der Waals surface area contributed by atoms with E-state index in [1.54, 1.807) is 0 Å². The van der Waals surface area contributed by atoms with Crippen molar-refractivity contribution in [1.82, 2.24) is 9.13 Å². The van der Waals surface area contributed by atoms with E-state index in [1.807, 2.05) is 0 Å². The molecule has 1 aliphatic rings. The predicted octanol–water partition coefficient (Wildman–Crippen LogP) is 14.7. The van der Waals surface area contributed by atoms with E-state index in [-0.39, 0.29) is 0 Å². The van der Waals surface area contributed by atoms with E-state index in [1.165, 1.54) is 71.5 Å². The minimum absolute atomic E-state index is 0.863. The standard InChI is InChI=1S/C54H34N2O/c1-3-12-35(13-4-1)40-24-27-49-46(32-40)47-33-41(36-14-5-2-6-15-36)25-28-50(47)55(49)43-19-10-18-39(31-43)37-16-9-17-38(30-37)42-26-29-52-51(34-42)56-48-22-8-7-20-44(48)45-21-11-23-53(57-52)54(45)56/h1-34H. The van der Waals surface area contributed by atoms with Crippen molar-refractivity contribution in [2.24, 2.45) is 0 Å². The van der Waals surface area contributed by atoms with Crippen LogP contribution in [0.1, 0.15) is 0 Å². The molecule has 12 rings (SSSR count). The third kappa shape index (κ3) is 4.99. The Morgan fingerprint density at radius 2 is 0.789 bits per heavy atom. The minimum atomic E-state index is 0.863. The largest absolute Gasteiger partial charge is 0.453 e. The zero-order chi connectivity index (χ0) is 37.5. The monoisotopic (exact) mass is 726 g/mol. The lowest BCUT2D eigenvalue weighted by molar-refractivity contribution is 0.476. The fraction of sp³-hybridized carbons (Fsp3) is 0. The van der Waals surface area contributed by atoms with Crippen molar-refractivity contribution in [3.63, 3.8) is 0 Å².